The summed E-state index contributed by atoms with van der Waals surface area (Å²) in [6, 6.07) is 8.70. The van der Waals surface area contributed by atoms with Crippen molar-refractivity contribution in [2.24, 2.45) is 0 Å². The van der Waals surface area contributed by atoms with Crippen molar-refractivity contribution in [3.05, 3.63) is 69.1 Å². The summed E-state index contributed by atoms with van der Waals surface area (Å²) in [4.78, 5) is 19.7. The zero-order valence-electron chi connectivity index (χ0n) is 14.0. The molecule has 0 amide bonds. The fourth-order valence-corrected chi connectivity index (χ4v) is 3.48. The molecule has 7 nitrogen and oxygen atoms in total. The lowest BCUT2D eigenvalue weighted by molar-refractivity contribution is -0.383. The Morgan fingerprint density at radius 2 is 2.08 bits per heavy atom. The highest BCUT2D eigenvalue weighted by Gasteiger charge is 2.19. The van der Waals surface area contributed by atoms with Gasteiger partial charge in [0.1, 0.15) is 11.8 Å². The number of rotatable bonds is 3. The van der Waals surface area contributed by atoms with Crippen LogP contribution >= 0.6 is 11.6 Å². The second-order valence-corrected chi connectivity index (χ2v) is 6.48. The number of nitro benzene ring substituents is 1. The van der Waals surface area contributed by atoms with Crippen molar-refractivity contribution in [2.45, 2.75) is 13.8 Å². The number of nitrogens with one attached hydrogen (secondary N) is 1. The fourth-order valence-electron chi connectivity index (χ4n) is 3.11. The predicted octanol–water partition coefficient (Wildman–Crippen LogP) is 4.80. The number of halogens is 1. The molecular formula is C18H14ClN5O2. The molecule has 0 saturated heterocycles. The third-order valence-electron chi connectivity index (χ3n) is 4.22. The fraction of sp³-hybridized carbons (Fsp3) is 0.111. The minimum absolute atomic E-state index is 0.0194. The number of aromatic nitrogens is 3. The molecule has 2 aromatic heterocycles. The molecular weight excluding hydrogens is 354 g/mol. The third-order valence-corrected chi connectivity index (χ3v) is 4.52. The van der Waals surface area contributed by atoms with Crippen LogP contribution in [-0.4, -0.2) is 19.3 Å². The van der Waals surface area contributed by atoms with Crippen molar-refractivity contribution >= 4 is 45.3 Å². The van der Waals surface area contributed by atoms with Crippen LogP contribution in [0.3, 0.4) is 0 Å². The van der Waals surface area contributed by atoms with Crippen LogP contribution in [0.1, 0.15) is 11.1 Å². The summed E-state index contributed by atoms with van der Waals surface area (Å²) in [5, 5.41) is 15.2. The Bertz CT molecular complexity index is 1160. The maximum absolute atomic E-state index is 11.4. The van der Waals surface area contributed by atoms with E-state index >= 15 is 0 Å². The number of aryl methyl sites for hydroxylation is 2. The lowest BCUT2D eigenvalue weighted by Crippen LogP contribution is -2.03. The van der Waals surface area contributed by atoms with Crippen LogP contribution in [0.4, 0.5) is 17.2 Å². The van der Waals surface area contributed by atoms with Crippen molar-refractivity contribution in [1.29, 1.82) is 0 Å². The van der Waals surface area contributed by atoms with E-state index in [0.717, 1.165) is 16.8 Å². The Balaban J connectivity index is 1.97. The van der Waals surface area contributed by atoms with Crippen LogP contribution < -0.4 is 5.32 Å². The number of hydrogen-bond donors (Lipinski definition) is 1. The summed E-state index contributed by atoms with van der Waals surface area (Å²) < 4.78 is 1.67. The first kappa shape index (κ1) is 16.3. The topological polar surface area (TPSA) is 85.4 Å². The lowest BCUT2D eigenvalue weighted by atomic mass is 10.1. The minimum atomic E-state index is -0.419. The highest BCUT2D eigenvalue weighted by Crippen LogP contribution is 2.33. The number of fused-ring (bicyclic) bond motifs is 3. The number of hydrogen-bond acceptors (Lipinski definition) is 5. The molecule has 0 saturated carbocycles. The summed E-state index contributed by atoms with van der Waals surface area (Å²) in [6.45, 7) is 3.94. The van der Waals surface area contributed by atoms with E-state index in [2.05, 4.69) is 15.3 Å². The third kappa shape index (κ3) is 2.53. The SMILES string of the molecule is Cc1cc(C)c(Nc2nc3cccc([N+](=O)[O-])c3n3cncc23)c(Cl)c1. The van der Waals surface area contributed by atoms with E-state index in [9.17, 15) is 10.1 Å². The highest BCUT2D eigenvalue weighted by molar-refractivity contribution is 6.33. The molecule has 26 heavy (non-hydrogen) atoms. The van der Waals surface area contributed by atoms with Crippen LogP contribution in [0.5, 0.6) is 0 Å². The molecule has 2 aromatic carbocycles. The normalized spacial score (nSPS) is 11.2. The number of para-hydroxylation sites is 1. The molecule has 8 heteroatoms. The monoisotopic (exact) mass is 367 g/mol. The van der Waals surface area contributed by atoms with Gasteiger partial charge in [0.15, 0.2) is 11.3 Å². The first-order valence-corrected chi connectivity index (χ1v) is 8.26. The van der Waals surface area contributed by atoms with Gasteiger partial charge in [-0.05, 0) is 37.1 Å². The Kier molecular flexibility index (Phi) is 3.73. The lowest BCUT2D eigenvalue weighted by Gasteiger charge is -2.14. The minimum Gasteiger partial charge on any atom is -0.337 e. The van der Waals surface area contributed by atoms with E-state index in [0.29, 0.717) is 27.4 Å². The van der Waals surface area contributed by atoms with Gasteiger partial charge < -0.3 is 5.32 Å². The van der Waals surface area contributed by atoms with Gasteiger partial charge in [0.2, 0.25) is 0 Å². The van der Waals surface area contributed by atoms with Crippen LogP contribution in [0.2, 0.25) is 5.02 Å². The maximum atomic E-state index is 11.4. The quantitative estimate of drug-likeness (QED) is 0.415. The average molecular weight is 368 g/mol. The molecule has 0 atom stereocenters. The maximum Gasteiger partial charge on any atom is 0.295 e. The van der Waals surface area contributed by atoms with E-state index in [-0.39, 0.29) is 5.69 Å². The standard InChI is InChI=1S/C18H14ClN5O2/c1-10-6-11(2)16(12(19)7-10)22-18-15-8-20-9-23(15)17-13(21-18)4-3-5-14(17)24(25)26/h3-9H,1-2H3,(H,21,22). The molecule has 130 valence electrons. The van der Waals surface area contributed by atoms with Gasteiger partial charge in [0.05, 0.1) is 27.3 Å². The van der Waals surface area contributed by atoms with Gasteiger partial charge in [0.25, 0.3) is 5.69 Å². The highest BCUT2D eigenvalue weighted by atomic mass is 35.5. The second kappa shape index (κ2) is 5.96. The van der Waals surface area contributed by atoms with Gasteiger partial charge in [-0.25, -0.2) is 9.97 Å². The van der Waals surface area contributed by atoms with E-state index in [1.165, 1.54) is 6.07 Å². The van der Waals surface area contributed by atoms with Crippen molar-refractivity contribution < 1.29 is 4.92 Å². The Morgan fingerprint density at radius 3 is 2.81 bits per heavy atom. The van der Waals surface area contributed by atoms with Gasteiger partial charge >= 0.3 is 0 Å². The van der Waals surface area contributed by atoms with Crippen molar-refractivity contribution in [2.75, 3.05) is 5.32 Å². The largest absolute Gasteiger partial charge is 0.337 e. The molecule has 0 aliphatic rings. The zero-order valence-corrected chi connectivity index (χ0v) is 14.8. The van der Waals surface area contributed by atoms with Crippen LogP contribution in [0.25, 0.3) is 16.6 Å². The van der Waals surface area contributed by atoms with Crippen LogP contribution in [0.15, 0.2) is 42.9 Å². The number of benzene rings is 2. The number of nitrogens with zero attached hydrogens (tertiary/aromatic N) is 4. The molecule has 0 fully saturated rings. The molecule has 0 spiro atoms. The molecule has 2 heterocycles. The van der Waals surface area contributed by atoms with Crippen molar-refractivity contribution in [3.8, 4) is 0 Å². The van der Waals surface area contributed by atoms with Gasteiger partial charge in [-0.3, -0.25) is 14.5 Å². The summed E-state index contributed by atoms with van der Waals surface area (Å²) in [5.41, 5.74) is 4.30. The van der Waals surface area contributed by atoms with E-state index < -0.39 is 4.92 Å². The summed E-state index contributed by atoms with van der Waals surface area (Å²) >= 11 is 6.39. The number of nitro groups is 1. The second-order valence-electron chi connectivity index (χ2n) is 6.07. The molecule has 4 aromatic rings. The van der Waals surface area contributed by atoms with Gasteiger partial charge in [-0.1, -0.05) is 23.7 Å². The van der Waals surface area contributed by atoms with E-state index in [4.69, 9.17) is 11.6 Å². The van der Waals surface area contributed by atoms with Gasteiger partial charge in [-0.15, -0.1) is 0 Å². The van der Waals surface area contributed by atoms with Gasteiger partial charge in [-0.2, -0.15) is 0 Å². The molecule has 0 bridgehead atoms. The molecule has 0 radical (unpaired) electrons. The number of non-ortho nitro benzene ring substituents is 1. The zero-order chi connectivity index (χ0) is 18.4. The van der Waals surface area contributed by atoms with Crippen molar-refractivity contribution in [3.63, 3.8) is 0 Å². The van der Waals surface area contributed by atoms with E-state index in [1.807, 2.05) is 26.0 Å². The summed E-state index contributed by atoms with van der Waals surface area (Å²) in [5.74, 6) is 0.532. The smallest absolute Gasteiger partial charge is 0.295 e. The van der Waals surface area contributed by atoms with Crippen LogP contribution in [0, 0.1) is 24.0 Å². The number of imidazole rings is 1. The molecule has 4 rings (SSSR count). The van der Waals surface area contributed by atoms with Crippen LogP contribution in [-0.2, 0) is 0 Å². The molecule has 1 N–H and O–H groups in total. The molecule has 0 unspecified atom stereocenters. The summed E-state index contributed by atoms with van der Waals surface area (Å²) in [6.07, 6.45) is 3.16. The van der Waals surface area contributed by atoms with Crippen molar-refractivity contribution in [1.82, 2.24) is 14.4 Å². The summed E-state index contributed by atoms with van der Waals surface area (Å²) in [7, 11) is 0. The Hall–Kier alpha value is -3.19. The first-order valence-electron chi connectivity index (χ1n) is 7.88. The predicted molar refractivity (Wildman–Crippen MR) is 101 cm³/mol. The van der Waals surface area contributed by atoms with E-state index in [1.54, 1.807) is 29.1 Å². The number of anilines is 2. The Labute approximate surface area is 153 Å². The van der Waals surface area contributed by atoms with Gasteiger partial charge in [0, 0.05) is 6.07 Å². The average Bonchev–Trinajstić information content (AvgIpc) is 3.07. The molecule has 0 aliphatic heterocycles. The molecule has 0 aliphatic carbocycles. The first-order chi connectivity index (χ1) is 12.5. The Morgan fingerprint density at radius 1 is 1.27 bits per heavy atom.